The fraction of sp³-hybridized carbons (Fsp3) is 0.214. The molecular weight excluding hydrogens is 310 g/mol. The van der Waals surface area contributed by atoms with Crippen LogP contribution in [0.1, 0.15) is 23.0 Å². The number of aromatic nitrogens is 1. The Hall–Kier alpha value is -1.92. The van der Waals surface area contributed by atoms with Crippen LogP contribution < -0.4 is 11.1 Å². The minimum atomic E-state index is -0.706. The third-order valence-corrected chi connectivity index (χ3v) is 4.07. The predicted octanol–water partition coefficient (Wildman–Crippen LogP) is 2.15. The number of carbonyl (C=O) groups excluding carboxylic acids is 2. The van der Waals surface area contributed by atoms with E-state index in [1.807, 2.05) is 5.38 Å². The van der Waals surface area contributed by atoms with Crippen LogP contribution in [0.5, 0.6) is 0 Å². The van der Waals surface area contributed by atoms with Crippen LogP contribution in [0.4, 0.5) is 0 Å². The fourth-order valence-corrected chi connectivity index (χ4v) is 2.67. The van der Waals surface area contributed by atoms with Gasteiger partial charge in [0.05, 0.1) is 11.6 Å². The molecule has 0 saturated carbocycles. The number of benzene rings is 1. The van der Waals surface area contributed by atoms with Crippen LogP contribution in [0.25, 0.3) is 10.6 Å². The maximum atomic E-state index is 11.9. The Morgan fingerprint density at radius 1 is 1.38 bits per heavy atom. The molecule has 2 amide bonds. The summed E-state index contributed by atoms with van der Waals surface area (Å²) in [5, 5.41) is 5.27. The highest BCUT2D eigenvalue weighted by atomic mass is 35.5. The van der Waals surface area contributed by atoms with E-state index in [0.29, 0.717) is 11.4 Å². The first-order valence-electron chi connectivity index (χ1n) is 6.22. The summed E-state index contributed by atoms with van der Waals surface area (Å²) in [6, 6.07) is 6.27. The molecule has 3 N–H and O–H groups in total. The molecule has 5 nitrogen and oxygen atoms in total. The molecule has 0 aliphatic heterocycles. The van der Waals surface area contributed by atoms with Crippen molar-refractivity contribution in [3.8, 4) is 10.6 Å². The number of hydrogen-bond acceptors (Lipinski definition) is 4. The molecule has 0 spiro atoms. The number of nitrogens with two attached hydrogens (primary N) is 1. The first kappa shape index (κ1) is 15.5. The lowest BCUT2D eigenvalue weighted by atomic mass is 10.1. The molecule has 1 heterocycles. The SMILES string of the molecule is CC(NC(=O)c1ccc(-c2nc(CCl)cs2)cc1)C(N)=O. The highest BCUT2D eigenvalue weighted by Crippen LogP contribution is 2.24. The largest absolute Gasteiger partial charge is 0.368 e. The highest BCUT2D eigenvalue weighted by molar-refractivity contribution is 7.13. The van der Waals surface area contributed by atoms with Gasteiger partial charge in [0.25, 0.3) is 5.91 Å². The summed E-state index contributed by atoms with van der Waals surface area (Å²) in [4.78, 5) is 27.2. The molecule has 1 aromatic carbocycles. The number of rotatable bonds is 5. The Labute approximate surface area is 131 Å². The summed E-state index contributed by atoms with van der Waals surface area (Å²) >= 11 is 7.22. The van der Waals surface area contributed by atoms with Gasteiger partial charge in [-0.1, -0.05) is 12.1 Å². The van der Waals surface area contributed by atoms with Gasteiger partial charge < -0.3 is 11.1 Å². The lowest BCUT2D eigenvalue weighted by molar-refractivity contribution is -0.119. The Bertz CT molecular complexity index is 654. The summed E-state index contributed by atoms with van der Waals surface area (Å²) in [6.07, 6.45) is 0. The van der Waals surface area contributed by atoms with Gasteiger partial charge >= 0.3 is 0 Å². The number of nitrogens with one attached hydrogen (secondary N) is 1. The first-order valence-corrected chi connectivity index (χ1v) is 7.63. The Morgan fingerprint density at radius 3 is 2.57 bits per heavy atom. The summed E-state index contributed by atoms with van der Waals surface area (Å²) in [7, 11) is 0. The van der Waals surface area contributed by atoms with Crippen molar-refractivity contribution in [2.45, 2.75) is 18.8 Å². The fourth-order valence-electron chi connectivity index (χ4n) is 1.62. The van der Waals surface area contributed by atoms with Gasteiger partial charge in [0, 0.05) is 16.5 Å². The third-order valence-electron chi connectivity index (χ3n) is 2.86. The average Bonchev–Trinajstić information content (AvgIpc) is 2.96. The zero-order valence-electron chi connectivity index (χ0n) is 11.3. The molecule has 0 aliphatic rings. The van der Waals surface area contributed by atoms with E-state index in [4.69, 9.17) is 17.3 Å². The minimum Gasteiger partial charge on any atom is -0.368 e. The van der Waals surface area contributed by atoms with E-state index < -0.39 is 11.9 Å². The molecule has 2 rings (SSSR count). The molecule has 110 valence electrons. The zero-order chi connectivity index (χ0) is 15.4. The van der Waals surface area contributed by atoms with Crippen LogP contribution in [0.15, 0.2) is 29.6 Å². The predicted molar refractivity (Wildman–Crippen MR) is 83.2 cm³/mol. The van der Waals surface area contributed by atoms with E-state index in [2.05, 4.69) is 10.3 Å². The zero-order valence-corrected chi connectivity index (χ0v) is 12.9. The Kier molecular flexibility index (Phi) is 4.93. The third kappa shape index (κ3) is 3.80. The van der Waals surface area contributed by atoms with Crippen LogP contribution in [0.2, 0.25) is 0 Å². The molecule has 2 aromatic rings. The van der Waals surface area contributed by atoms with Crippen molar-refractivity contribution in [3.05, 3.63) is 40.9 Å². The first-order chi connectivity index (χ1) is 10.0. The molecular formula is C14H14ClN3O2S. The van der Waals surface area contributed by atoms with Gasteiger partial charge in [-0.15, -0.1) is 22.9 Å². The van der Waals surface area contributed by atoms with E-state index >= 15 is 0 Å². The molecule has 0 bridgehead atoms. The second-order valence-electron chi connectivity index (χ2n) is 4.45. The maximum Gasteiger partial charge on any atom is 0.251 e. The van der Waals surface area contributed by atoms with Crippen LogP contribution in [-0.4, -0.2) is 22.8 Å². The van der Waals surface area contributed by atoms with Crippen molar-refractivity contribution >= 4 is 34.8 Å². The highest BCUT2D eigenvalue weighted by Gasteiger charge is 2.14. The Balaban J connectivity index is 2.11. The van der Waals surface area contributed by atoms with E-state index in [1.54, 1.807) is 24.3 Å². The number of carbonyl (C=O) groups is 2. The van der Waals surface area contributed by atoms with Crippen LogP contribution in [0, 0.1) is 0 Å². The van der Waals surface area contributed by atoms with Gasteiger partial charge in [-0.25, -0.2) is 4.98 Å². The summed E-state index contributed by atoms with van der Waals surface area (Å²) in [6.45, 7) is 1.54. The lowest BCUT2D eigenvalue weighted by Crippen LogP contribution is -2.42. The Morgan fingerprint density at radius 2 is 2.05 bits per heavy atom. The van der Waals surface area contributed by atoms with Gasteiger partial charge in [0.15, 0.2) is 0 Å². The summed E-state index contributed by atoms with van der Waals surface area (Å²) in [5.74, 6) is -0.535. The number of primary amides is 1. The quantitative estimate of drug-likeness (QED) is 0.827. The minimum absolute atomic E-state index is 0.339. The second kappa shape index (κ2) is 6.69. The molecule has 0 radical (unpaired) electrons. The topological polar surface area (TPSA) is 85.1 Å². The maximum absolute atomic E-state index is 11.9. The summed E-state index contributed by atoms with van der Waals surface area (Å²) in [5.41, 5.74) is 7.31. The number of alkyl halides is 1. The van der Waals surface area contributed by atoms with Crippen molar-refractivity contribution in [2.24, 2.45) is 5.73 Å². The van der Waals surface area contributed by atoms with E-state index in [0.717, 1.165) is 16.3 Å². The van der Waals surface area contributed by atoms with E-state index in [9.17, 15) is 9.59 Å². The van der Waals surface area contributed by atoms with Crippen LogP contribution in [0.3, 0.4) is 0 Å². The van der Waals surface area contributed by atoms with E-state index in [-0.39, 0.29) is 5.91 Å². The second-order valence-corrected chi connectivity index (χ2v) is 5.58. The van der Waals surface area contributed by atoms with Crippen molar-refractivity contribution in [2.75, 3.05) is 0 Å². The number of halogens is 1. The summed E-state index contributed by atoms with van der Waals surface area (Å²) < 4.78 is 0. The van der Waals surface area contributed by atoms with Crippen LogP contribution in [-0.2, 0) is 10.7 Å². The average molecular weight is 324 g/mol. The molecule has 1 aromatic heterocycles. The van der Waals surface area contributed by atoms with Crippen molar-refractivity contribution < 1.29 is 9.59 Å². The lowest BCUT2D eigenvalue weighted by Gasteiger charge is -2.10. The number of thiazole rings is 1. The molecule has 0 saturated heterocycles. The molecule has 0 aliphatic carbocycles. The standard InChI is InChI=1S/C14H14ClN3O2S/c1-8(12(16)19)17-13(20)9-2-4-10(5-3-9)14-18-11(6-15)7-21-14/h2-5,7-8H,6H2,1H3,(H2,16,19)(H,17,20). The molecule has 0 fully saturated rings. The molecule has 7 heteroatoms. The van der Waals surface area contributed by atoms with Crippen LogP contribution >= 0.6 is 22.9 Å². The molecule has 21 heavy (non-hydrogen) atoms. The van der Waals surface area contributed by atoms with Crippen molar-refractivity contribution in [1.82, 2.24) is 10.3 Å². The van der Waals surface area contributed by atoms with Crippen molar-refractivity contribution in [1.29, 1.82) is 0 Å². The van der Waals surface area contributed by atoms with Gasteiger partial charge in [-0.2, -0.15) is 0 Å². The van der Waals surface area contributed by atoms with E-state index in [1.165, 1.54) is 18.3 Å². The number of amides is 2. The molecule has 1 unspecified atom stereocenters. The molecule has 1 atom stereocenters. The monoisotopic (exact) mass is 323 g/mol. The number of hydrogen-bond donors (Lipinski definition) is 2. The van der Waals surface area contributed by atoms with Gasteiger partial charge in [0.1, 0.15) is 11.0 Å². The van der Waals surface area contributed by atoms with Gasteiger partial charge in [0.2, 0.25) is 5.91 Å². The van der Waals surface area contributed by atoms with Gasteiger partial charge in [-0.3, -0.25) is 9.59 Å². The van der Waals surface area contributed by atoms with Gasteiger partial charge in [-0.05, 0) is 19.1 Å². The number of nitrogens with zero attached hydrogens (tertiary/aromatic N) is 1. The smallest absolute Gasteiger partial charge is 0.251 e. The normalized spacial score (nSPS) is 11.9. The van der Waals surface area contributed by atoms with Crippen molar-refractivity contribution in [3.63, 3.8) is 0 Å².